The summed E-state index contributed by atoms with van der Waals surface area (Å²) in [5, 5.41) is 0. The average molecular weight is 344 g/mol. The van der Waals surface area contributed by atoms with Crippen LogP contribution >= 0.6 is 0 Å². The molecule has 0 aliphatic rings. The van der Waals surface area contributed by atoms with Crippen molar-refractivity contribution in [3.8, 4) is 0 Å². The van der Waals surface area contributed by atoms with Crippen molar-refractivity contribution in [3.05, 3.63) is 41.0 Å². The predicted molar refractivity (Wildman–Crippen MR) is 51.6 cm³/mol. The molecule has 0 fully saturated rings. The normalized spacial score (nSPS) is 13.2. The maximum Gasteiger partial charge on any atom is 0.422 e. The molecule has 0 nitrogen and oxygen atoms in total. The number of rotatable bonds is 1. The van der Waals surface area contributed by atoms with Gasteiger partial charge >= 0.3 is 18.5 Å². The molecule has 0 N–H and O–H groups in total. The van der Waals surface area contributed by atoms with Crippen molar-refractivity contribution in [1.82, 2.24) is 0 Å². The number of allylic oxidation sites excluding steroid dienone is 1. The minimum atomic E-state index is -5.83. The molecule has 11 heteroatoms. The Kier molecular flexibility index (Phi) is 4.50. The molecule has 0 aliphatic carbocycles. The maximum atomic E-state index is 12.4. The number of benzene rings is 1. The fourth-order valence-electron chi connectivity index (χ4n) is 1.48. The number of hydrogen-bond donors (Lipinski definition) is 0. The van der Waals surface area contributed by atoms with E-state index in [0.717, 1.165) is 0 Å². The van der Waals surface area contributed by atoms with Crippen molar-refractivity contribution in [2.24, 2.45) is 0 Å². The van der Waals surface area contributed by atoms with Crippen LogP contribution in [0.2, 0.25) is 0 Å². The Bertz CT molecular complexity index is 549. The van der Waals surface area contributed by atoms with Gasteiger partial charge in [0, 0.05) is 0 Å². The molecule has 1 rings (SSSR count). The van der Waals surface area contributed by atoms with Crippen LogP contribution in [-0.4, -0.2) is 6.18 Å². The summed E-state index contributed by atoms with van der Waals surface area (Å²) in [6.45, 7) is 0. The summed E-state index contributed by atoms with van der Waals surface area (Å²) in [6, 6.07) is -1.30. The second-order valence-electron chi connectivity index (χ2n) is 3.93. The second-order valence-corrected chi connectivity index (χ2v) is 3.93. The number of alkyl halides is 9. The van der Waals surface area contributed by atoms with Crippen LogP contribution in [-0.2, 0) is 12.4 Å². The molecule has 1 aromatic carbocycles. The third kappa shape index (κ3) is 4.10. The van der Waals surface area contributed by atoms with Crippen LogP contribution in [0.3, 0.4) is 0 Å². The Morgan fingerprint density at radius 2 is 1.00 bits per heavy atom. The minimum Gasteiger partial charge on any atom is -0.173 e. The molecule has 0 spiro atoms. The first-order valence-electron chi connectivity index (χ1n) is 5.06. The van der Waals surface area contributed by atoms with Gasteiger partial charge in [0.2, 0.25) is 0 Å². The predicted octanol–water partition coefficient (Wildman–Crippen LogP) is 5.89. The van der Waals surface area contributed by atoms with Gasteiger partial charge in [-0.1, -0.05) is 0 Å². The molecule has 0 heterocycles. The fraction of sp³-hybridized carbons (Fsp3) is 0.273. The van der Waals surface area contributed by atoms with Crippen molar-refractivity contribution in [2.45, 2.75) is 18.5 Å². The van der Waals surface area contributed by atoms with E-state index in [-0.39, 0.29) is 0 Å². The van der Waals surface area contributed by atoms with Gasteiger partial charge in [0.1, 0.15) is 5.57 Å². The Labute approximate surface area is 114 Å². The van der Waals surface area contributed by atoms with Crippen molar-refractivity contribution in [1.29, 1.82) is 0 Å². The summed E-state index contributed by atoms with van der Waals surface area (Å²) in [6.07, 6.45) is -20.2. The quantitative estimate of drug-likeness (QED) is 0.557. The SMILES string of the molecule is FC(F)=C(c1cc(C(F)(F)F)cc(C(F)(F)F)c1)C(F)(F)F. The molecule has 0 aromatic heterocycles. The van der Waals surface area contributed by atoms with Crippen molar-refractivity contribution in [2.75, 3.05) is 0 Å². The third-order valence-electron chi connectivity index (χ3n) is 2.35. The molecule has 0 saturated carbocycles. The Morgan fingerprint density at radius 3 is 1.23 bits per heavy atom. The lowest BCUT2D eigenvalue weighted by molar-refractivity contribution is -0.143. The van der Waals surface area contributed by atoms with Gasteiger partial charge in [0.15, 0.2) is 0 Å². The van der Waals surface area contributed by atoms with E-state index in [1.54, 1.807) is 0 Å². The lowest BCUT2D eigenvalue weighted by atomic mass is 9.99. The standard InChI is InChI=1S/C11H3F11/c12-8(13)7(11(20,21)22)4-1-5(9(14,15)16)3-6(2-4)10(17,18)19/h1-3H. The molecule has 0 atom stereocenters. The molecule has 0 unspecified atom stereocenters. The third-order valence-corrected chi connectivity index (χ3v) is 2.35. The number of hydrogen-bond acceptors (Lipinski definition) is 0. The molecule has 0 saturated heterocycles. The van der Waals surface area contributed by atoms with E-state index in [1.807, 2.05) is 0 Å². The van der Waals surface area contributed by atoms with Gasteiger partial charge in [-0.15, -0.1) is 0 Å². The molecular formula is C11H3F11. The molecular weight excluding hydrogens is 341 g/mol. The van der Waals surface area contributed by atoms with Gasteiger partial charge < -0.3 is 0 Å². The van der Waals surface area contributed by atoms with Crippen LogP contribution in [0.5, 0.6) is 0 Å². The van der Waals surface area contributed by atoms with Crippen molar-refractivity contribution < 1.29 is 48.3 Å². The van der Waals surface area contributed by atoms with Gasteiger partial charge in [-0.2, -0.15) is 48.3 Å². The zero-order valence-corrected chi connectivity index (χ0v) is 9.89. The van der Waals surface area contributed by atoms with Gasteiger partial charge in [0.05, 0.1) is 11.1 Å². The van der Waals surface area contributed by atoms with E-state index in [9.17, 15) is 48.3 Å². The highest BCUT2D eigenvalue weighted by atomic mass is 19.4. The van der Waals surface area contributed by atoms with Crippen LogP contribution < -0.4 is 0 Å². The minimum absolute atomic E-state index is 0.419. The summed E-state index contributed by atoms with van der Waals surface area (Å²) in [5.74, 6) is 0. The first-order valence-corrected chi connectivity index (χ1v) is 5.06. The summed E-state index contributed by atoms with van der Waals surface area (Å²) >= 11 is 0. The highest BCUT2D eigenvalue weighted by Crippen LogP contribution is 2.42. The van der Waals surface area contributed by atoms with Crippen molar-refractivity contribution >= 4 is 5.57 Å². The van der Waals surface area contributed by atoms with Crippen LogP contribution in [0.4, 0.5) is 48.3 Å². The van der Waals surface area contributed by atoms with Gasteiger partial charge in [-0.3, -0.25) is 0 Å². The van der Waals surface area contributed by atoms with Gasteiger partial charge in [0.25, 0.3) is 6.08 Å². The lowest BCUT2D eigenvalue weighted by Gasteiger charge is -2.16. The lowest BCUT2D eigenvalue weighted by Crippen LogP contribution is -2.16. The number of halogens is 11. The summed E-state index contributed by atoms with van der Waals surface area (Å²) < 4.78 is 137. The smallest absolute Gasteiger partial charge is 0.173 e. The van der Waals surface area contributed by atoms with E-state index in [1.165, 1.54) is 0 Å². The summed E-state index contributed by atoms with van der Waals surface area (Å²) in [5.41, 5.74) is -9.03. The first kappa shape index (κ1) is 18.2. The highest BCUT2D eigenvalue weighted by molar-refractivity contribution is 5.71. The molecule has 0 radical (unpaired) electrons. The van der Waals surface area contributed by atoms with Crippen LogP contribution in [0, 0.1) is 0 Å². The molecule has 124 valence electrons. The molecule has 0 amide bonds. The zero-order valence-electron chi connectivity index (χ0n) is 9.89. The topological polar surface area (TPSA) is 0 Å². The van der Waals surface area contributed by atoms with E-state index in [2.05, 4.69) is 0 Å². The Morgan fingerprint density at radius 1 is 0.636 bits per heavy atom. The zero-order chi connectivity index (χ0) is 17.5. The van der Waals surface area contributed by atoms with Gasteiger partial charge in [-0.05, 0) is 23.8 Å². The fourth-order valence-corrected chi connectivity index (χ4v) is 1.48. The van der Waals surface area contributed by atoms with Crippen LogP contribution in [0.15, 0.2) is 24.3 Å². The van der Waals surface area contributed by atoms with E-state index >= 15 is 0 Å². The highest BCUT2D eigenvalue weighted by Gasteiger charge is 2.42. The van der Waals surface area contributed by atoms with Gasteiger partial charge in [-0.25, -0.2) is 0 Å². The summed E-state index contributed by atoms with van der Waals surface area (Å²) in [7, 11) is 0. The maximum absolute atomic E-state index is 12.4. The Balaban J connectivity index is 3.72. The monoisotopic (exact) mass is 344 g/mol. The molecule has 22 heavy (non-hydrogen) atoms. The summed E-state index contributed by atoms with van der Waals surface area (Å²) in [4.78, 5) is 0. The second kappa shape index (κ2) is 5.43. The van der Waals surface area contributed by atoms with Crippen molar-refractivity contribution in [3.63, 3.8) is 0 Å². The molecule has 0 aliphatic heterocycles. The largest absolute Gasteiger partial charge is 0.422 e. The average Bonchev–Trinajstić information content (AvgIpc) is 2.23. The van der Waals surface area contributed by atoms with Crippen LogP contribution in [0.25, 0.3) is 5.57 Å². The van der Waals surface area contributed by atoms with E-state index in [4.69, 9.17) is 0 Å². The van der Waals surface area contributed by atoms with E-state index < -0.39 is 65.1 Å². The first-order chi connectivity index (χ1) is 9.64. The molecule has 1 aromatic rings. The van der Waals surface area contributed by atoms with E-state index in [0.29, 0.717) is 0 Å². The molecule has 0 bridgehead atoms. The van der Waals surface area contributed by atoms with Crippen LogP contribution in [0.1, 0.15) is 16.7 Å². The Hall–Kier alpha value is -1.81.